The number of benzene rings is 1. The van der Waals surface area contributed by atoms with E-state index in [9.17, 15) is 10.1 Å². The fourth-order valence-corrected chi connectivity index (χ4v) is 3.03. The molecule has 7 heteroatoms. The Morgan fingerprint density at radius 1 is 1.26 bits per heavy atom. The van der Waals surface area contributed by atoms with Crippen LogP contribution in [0, 0.1) is 16.0 Å². The van der Waals surface area contributed by atoms with Gasteiger partial charge >= 0.3 is 0 Å². The average Bonchev–Trinajstić information content (AvgIpc) is 2.52. The highest BCUT2D eigenvalue weighted by atomic mass is 127. The van der Waals surface area contributed by atoms with Crippen LogP contribution in [0.2, 0.25) is 0 Å². The molecule has 0 aromatic heterocycles. The molecule has 1 unspecified atom stereocenters. The molecule has 0 spiro atoms. The molecule has 0 saturated carbocycles. The highest BCUT2D eigenvalue weighted by Gasteiger charge is 2.17. The van der Waals surface area contributed by atoms with Crippen molar-refractivity contribution in [2.75, 3.05) is 50.7 Å². The second-order valence-electron chi connectivity index (χ2n) is 6.26. The summed E-state index contributed by atoms with van der Waals surface area (Å²) in [6.45, 7) is 3.43. The van der Waals surface area contributed by atoms with Crippen molar-refractivity contribution in [3.8, 4) is 0 Å². The van der Waals surface area contributed by atoms with Gasteiger partial charge in [-0.2, -0.15) is 0 Å². The zero-order chi connectivity index (χ0) is 16.1. The number of piperidine rings is 1. The summed E-state index contributed by atoms with van der Waals surface area (Å²) >= 11 is 0. The second-order valence-corrected chi connectivity index (χ2v) is 6.26. The van der Waals surface area contributed by atoms with E-state index < -0.39 is 5.03 Å². The SMILES string of the molecule is CN1CCCC(CCN(C)c2ccc(N(C)[N+](=O)[O-])cc2)C1.I. The Labute approximate surface area is 155 Å². The summed E-state index contributed by atoms with van der Waals surface area (Å²) < 4.78 is 0. The number of anilines is 2. The van der Waals surface area contributed by atoms with Crippen LogP contribution in [-0.2, 0) is 0 Å². The maximum atomic E-state index is 10.7. The van der Waals surface area contributed by atoms with E-state index in [0.717, 1.165) is 23.2 Å². The molecule has 1 saturated heterocycles. The predicted octanol–water partition coefficient (Wildman–Crippen LogP) is 3.10. The number of hydrogen-bond donors (Lipinski definition) is 0. The normalized spacial score (nSPS) is 18.1. The maximum Gasteiger partial charge on any atom is 0.164 e. The van der Waals surface area contributed by atoms with Gasteiger partial charge in [-0.25, -0.2) is 10.1 Å². The Morgan fingerprint density at radius 2 is 1.87 bits per heavy atom. The average molecular weight is 434 g/mol. The van der Waals surface area contributed by atoms with Gasteiger partial charge in [0.25, 0.3) is 0 Å². The van der Waals surface area contributed by atoms with Gasteiger partial charge in [-0.3, -0.25) is 0 Å². The van der Waals surface area contributed by atoms with Crippen LogP contribution in [0.25, 0.3) is 0 Å². The molecule has 0 N–H and O–H groups in total. The quantitative estimate of drug-likeness (QED) is 0.391. The lowest BCUT2D eigenvalue weighted by Gasteiger charge is -2.31. The van der Waals surface area contributed by atoms with Crippen molar-refractivity contribution in [1.82, 2.24) is 4.90 Å². The number of hydrazine groups is 1. The minimum Gasteiger partial charge on any atom is -0.375 e. The van der Waals surface area contributed by atoms with Crippen molar-refractivity contribution in [3.05, 3.63) is 34.4 Å². The van der Waals surface area contributed by atoms with Crippen LogP contribution in [-0.4, -0.2) is 50.7 Å². The fourth-order valence-electron chi connectivity index (χ4n) is 3.03. The minimum absolute atomic E-state index is 0. The molecule has 1 aliphatic heterocycles. The molecule has 1 aliphatic rings. The van der Waals surface area contributed by atoms with Crippen LogP contribution >= 0.6 is 24.0 Å². The molecule has 1 atom stereocenters. The van der Waals surface area contributed by atoms with E-state index in [1.54, 1.807) is 12.1 Å². The zero-order valence-corrected chi connectivity index (χ0v) is 16.5. The molecular formula is C16H27IN4O2. The van der Waals surface area contributed by atoms with Crippen LogP contribution < -0.4 is 9.91 Å². The van der Waals surface area contributed by atoms with Crippen LogP contribution in [0.15, 0.2) is 24.3 Å². The molecule has 0 bridgehead atoms. The van der Waals surface area contributed by atoms with Gasteiger partial charge in [-0.05, 0) is 63.0 Å². The van der Waals surface area contributed by atoms with Crippen molar-refractivity contribution in [3.63, 3.8) is 0 Å². The monoisotopic (exact) mass is 434 g/mol. The lowest BCUT2D eigenvalue weighted by atomic mass is 9.95. The Kier molecular flexibility index (Phi) is 8.04. The molecule has 2 rings (SSSR count). The molecule has 0 amide bonds. The second kappa shape index (κ2) is 9.27. The first-order chi connectivity index (χ1) is 10.5. The number of halogens is 1. The molecule has 130 valence electrons. The summed E-state index contributed by atoms with van der Waals surface area (Å²) in [7, 11) is 5.73. The number of nitro groups is 1. The summed E-state index contributed by atoms with van der Waals surface area (Å²) in [5.74, 6) is 0.779. The lowest BCUT2D eigenvalue weighted by Crippen LogP contribution is -2.34. The molecule has 23 heavy (non-hydrogen) atoms. The maximum absolute atomic E-state index is 10.7. The summed E-state index contributed by atoms with van der Waals surface area (Å²) in [6, 6.07) is 7.48. The first-order valence-electron chi connectivity index (χ1n) is 7.85. The van der Waals surface area contributed by atoms with E-state index in [2.05, 4.69) is 23.9 Å². The Balaban J connectivity index is 0.00000264. The van der Waals surface area contributed by atoms with Gasteiger partial charge in [0.15, 0.2) is 5.03 Å². The Bertz CT molecular complexity index is 497. The molecule has 0 aliphatic carbocycles. The van der Waals surface area contributed by atoms with E-state index in [1.165, 1.54) is 39.4 Å². The summed E-state index contributed by atoms with van der Waals surface area (Å²) in [6.07, 6.45) is 3.81. The van der Waals surface area contributed by atoms with Crippen LogP contribution in [0.3, 0.4) is 0 Å². The molecule has 6 nitrogen and oxygen atoms in total. The van der Waals surface area contributed by atoms with Crippen molar-refractivity contribution >= 4 is 35.4 Å². The highest BCUT2D eigenvalue weighted by molar-refractivity contribution is 14.0. The van der Waals surface area contributed by atoms with Crippen molar-refractivity contribution in [1.29, 1.82) is 0 Å². The van der Waals surface area contributed by atoms with Gasteiger partial charge in [0.1, 0.15) is 5.69 Å². The largest absolute Gasteiger partial charge is 0.375 e. The third-order valence-corrected chi connectivity index (χ3v) is 4.50. The molecule has 1 aromatic carbocycles. The Hall–Kier alpha value is -1.09. The van der Waals surface area contributed by atoms with Gasteiger partial charge in [-0.1, -0.05) is 5.01 Å². The van der Waals surface area contributed by atoms with E-state index in [0.29, 0.717) is 5.69 Å². The molecule has 1 fully saturated rings. The predicted molar refractivity (Wildman–Crippen MR) is 105 cm³/mol. The molecular weight excluding hydrogens is 407 g/mol. The minimum atomic E-state index is -0.418. The van der Waals surface area contributed by atoms with Crippen LogP contribution in [0.1, 0.15) is 19.3 Å². The van der Waals surface area contributed by atoms with Crippen molar-refractivity contribution in [2.45, 2.75) is 19.3 Å². The number of hydrogen-bond acceptors (Lipinski definition) is 4. The topological polar surface area (TPSA) is 52.9 Å². The standard InChI is InChI=1S/C16H26N4O2.HI/c1-17-11-4-5-14(13-17)10-12-18(2)15-6-8-16(9-7-15)19(3)20(21)22;/h6-9,14H,4-5,10-13H2,1-3H3;1H. The van der Waals surface area contributed by atoms with E-state index >= 15 is 0 Å². The van der Waals surface area contributed by atoms with E-state index in [4.69, 9.17) is 0 Å². The number of nitrogens with zero attached hydrogens (tertiary/aromatic N) is 4. The lowest BCUT2D eigenvalue weighted by molar-refractivity contribution is -0.490. The van der Waals surface area contributed by atoms with E-state index in [1.807, 2.05) is 12.1 Å². The molecule has 0 radical (unpaired) electrons. The van der Waals surface area contributed by atoms with Crippen molar-refractivity contribution in [2.24, 2.45) is 5.92 Å². The first kappa shape index (κ1) is 20.0. The smallest absolute Gasteiger partial charge is 0.164 e. The summed E-state index contributed by atoms with van der Waals surface area (Å²) in [4.78, 5) is 15.4. The van der Waals surface area contributed by atoms with Gasteiger partial charge in [0, 0.05) is 25.8 Å². The number of rotatable bonds is 6. The third-order valence-electron chi connectivity index (χ3n) is 4.50. The number of likely N-dealkylation sites (tertiary alicyclic amines) is 1. The first-order valence-corrected chi connectivity index (χ1v) is 7.85. The Morgan fingerprint density at radius 3 is 2.43 bits per heavy atom. The fraction of sp³-hybridized carbons (Fsp3) is 0.625. The van der Waals surface area contributed by atoms with Crippen molar-refractivity contribution < 1.29 is 5.03 Å². The summed E-state index contributed by atoms with van der Waals surface area (Å²) in [5.41, 5.74) is 1.70. The zero-order valence-electron chi connectivity index (χ0n) is 14.1. The van der Waals surface area contributed by atoms with E-state index in [-0.39, 0.29) is 24.0 Å². The van der Waals surface area contributed by atoms with Gasteiger partial charge in [0.2, 0.25) is 0 Å². The van der Waals surface area contributed by atoms with Crippen LogP contribution in [0.4, 0.5) is 11.4 Å². The van der Waals surface area contributed by atoms with Gasteiger partial charge in [0.05, 0.1) is 7.05 Å². The highest BCUT2D eigenvalue weighted by Crippen LogP contribution is 2.22. The van der Waals surface area contributed by atoms with Gasteiger partial charge in [-0.15, -0.1) is 24.0 Å². The van der Waals surface area contributed by atoms with Crippen LogP contribution in [0.5, 0.6) is 0 Å². The third kappa shape index (κ3) is 5.80. The van der Waals surface area contributed by atoms with Gasteiger partial charge < -0.3 is 9.80 Å². The molecule has 1 aromatic rings. The molecule has 1 heterocycles. The summed E-state index contributed by atoms with van der Waals surface area (Å²) in [5, 5.41) is 11.4.